The Labute approximate surface area is 54.2 Å². The molecule has 0 unspecified atom stereocenters. The number of aliphatic hydroxyl groups is 4. The molecule has 0 atom stereocenters. The molecule has 7 heavy (non-hydrogen) atoms. The van der Waals surface area contributed by atoms with E-state index in [2.05, 4.69) is 0 Å². The summed E-state index contributed by atoms with van der Waals surface area (Å²) in [6.45, 7) is -1.50. The number of rotatable bonds is 0. The molecule has 4 nitrogen and oxygen atoms in total. The van der Waals surface area contributed by atoms with E-state index in [1.165, 1.54) is 0 Å². The van der Waals surface area contributed by atoms with Crippen molar-refractivity contribution in [3.63, 3.8) is 0 Å². The van der Waals surface area contributed by atoms with Crippen LogP contribution in [0.1, 0.15) is 0 Å². The summed E-state index contributed by atoms with van der Waals surface area (Å²) < 4.78 is 0. The molecule has 0 amide bonds. The second-order valence-corrected chi connectivity index (χ2v) is 0.283. The van der Waals surface area contributed by atoms with Crippen LogP contribution in [-0.2, 0) is 19.5 Å². The average Bonchev–Trinajstić information content (AvgIpc) is 1.39. The second-order valence-electron chi connectivity index (χ2n) is 0.283. The van der Waals surface area contributed by atoms with Gasteiger partial charge in [0.2, 0.25) is 0 Å². The van der Waals surface area contributed by atoms with Crippen LogP contribution < -0.4 is 0 Å². The Morgan fingerprint density at radius 2 is 0.714 bits per heavy atom. The number of hydrogen-bond acceptors (Lipinski definition) is 4. The molecule has 0 saturated heterocycles. The van der Waals surface area contributed by atoms with Gasteiger partial charge in [-0.15, -0.1) is 0 Å². The zero-order chi connectivity index (χ0) is 5.41. The van der Waals surface area contributed by atoms with Crippen molar-refractivity contribution < 1.29 is 39.9 Å². The van der Waals surface area contributed by atoms with Gasteiger partial charge < -0.3 is 20.4 Å². The van der Waals surface area contributed by atoms with Crippen molar-refractivity contribution in [1.29, 1.82) is 0 Å². The van der Waals surface area contributed by atoms with Crippen molar-refractivity contribution in [3.05, 3.63) is 0 Å². The Hall–Kier alpha value is 0.463. The molecule has 48 valence electrons. The largest absolute Gasteiger partial charge is 0.371 e. The van der Waals surface area contributed by atoms with Crippen LogP contribution in [0.25, 0.3) is 0 Å². The van der Waals surface area contributed by atoms with Crippen molar-refractivity contribution in [1.82, 2.24) is 0 Å². The van der Waals surface area contributed by atoms with E-state index in [0.717, 1.165) is 0 Å². The third kappa shape index (κ3) is 600. The van der Waals surface area contributed by atoms with Gasteiger partial charge in [0.15, 0.2) is 0 Å². The maximum Gasteiger partial charge on any atom is 0.140 e. The third-order valence-electron chi connectivity index (χ3n) is 0. The quantitative estimate of drug-likeness (QED) is 0.264. The fraction of sp³-hybridized carbons (Fsp3) is 1.00. The summed E-state index contributed by atoms with van der Waals surface area (Å²) in [6.07, 6.45) is 0. The number of aliphatic hydroxyl groups excluding tert-OH is 2. The minimum atomic E-state index is -0.750. The van der Waals surface area contributed by atoms with Gasteiger partial charge in [0, 0.05) is 19.5 Å². The predicted octanol–water partition coefficient (Wildman–Crippen LogP) is -2.15. The third-order valence-corrected chi connectivity index (χ3v) is 0. The fourth-order valence-electron chi connectivity index (χ4n) is 0. The van der Waals surface area contributed by atoms with Gasteiger partial charge in [-0.2, -0.15) is 0 Å². The molecule has 4 N–H and O–H groups in total. The predicted molar refractivity (Wildman–Crippen MR) is 18.6 cm³/mol. The van der Waals surface area contributed by atoms with Crippen molar-refractivity contribution in [3.8, 4) is 0 Å². The van der Waals surface area contributed by atoms with E-state index in [1.807, 2.05) is 0 Å². The number of hydrogen-bond donors (Lipinski definition) is 4. The molecule has 0 aliphatic rings. The summed E-state index contributed by atoms with van der Waals surface area (Å²) >= 11 is 0. The first-order valence-corrected chi connectivity index (χ1v) is 1.26. The van der Waals surface area contributed by atoms with E-state index in [4.69, 9.17) is 20.4 Å². The first-order valence-electron chi connectivity index (χ1n) is 1.26. The van der Waals surface area contributed by atoms with Crippen LogP contribution in [0.4, 0.5) is 0 Å². The van der Waals surface area contributed by atoms with Crippen molar-refractivity contribution in [2.45, 2.75) is 0 Å². The zero-order valence-electron chi connectivity index (χ0n) is 3.56. The fourth-order valence-corrected chi connectivity index (χ4v) is 0. The van der Waals surface area contributed by atoms with Crippen molar-refractivity contribution in [2.75, 3.05) is 13.6 Å². The van der Waals surface area contributed by atoms with Crippen LogP contribution in [0.2, 0.25) is 0 Å². The Kier molecular flexibility index (Phi) is 71.1. The van der Waals surface area contributed by atoms with Gasteiger partial charge in [-0.1, -0.05) is 0 Å². The van der Waals surface area contributed by atoms with Gasteiger partial charge in [-0.05, 0) is 0 Å². The standard InChI is InChI=1S/2CH4O2.Ru/c2*2-1-3;/h2*2-3H,1H2;. The molecule has 0 aromatic carbocycles. The molecule has 0 aliphatic heterocycles. The molecule has 0 saturated carbocycles. The van der Waals surface area contributed by atoms with E-state index in [9.17, 15) is 0 Å². The van der Waals surface area contributed by atoms with Crippen LogP contribution in [0.15, 0.2) is 0 Å². The first kappa shape index (κ1) is 15.7. The molecule has 0 aliphatic carbocycles. The van der Waals surface area contributed by atoms with Crippen molar-refractivity contribution >= 4 is 0 Å². The molecule has 5 heteroatoms. The molecule has 0 rings (SSSR count). The monoisotopic (exact) mass is 198 g/mol. The molecule has 0 radical (unpaired) electrons. The summed E-state index contributed by atoms with van der Waals surface area (Å²) in [5.41, 5.74) is 0. The molecule has 0 heterocycles. The maximum absolute atomic E-state index is 7.12. The molecule has 0 aromatic rings. The van der Waals surface area contributed by atoms with Crippen LogP contribution in [0.3, 0.4) is 0 Å². The molecular weight excluding hydrogens is 189 g/mol. The summed E-state index contributed by atoms with van der Waals surface area (Å²) in [4.78, 5) is 0. The summed E-state index contributed by atoms with van der Waals surface area (Å²) in [7, 11) is 0. The summed E-state index contributed by atoms with van der Waals surface area (Å²) in [5, 5.41) is 28.5. The Morgan fingerprint density at radius 3 is 0.714 bits per heavy atom. The molecule has 0 spiro atoms. The van der Waals surface area contributed by atoms with Crippen LogP contribution in [0.5, 0.6) is 0 Å². The zero-order valence-corrected chi connectivity index (χ0v) is 5.29. The SMILES string of the molecule is OCO.OCO.[Ru]. The minimum absolute atomic E-state index is 0. The van der Waals surface area contributed by atoms with Crippen LogP contribution in [0, 0.1) is 0 Å². The second kappa shape index (κ2) is 31.8. The summed E-state index contributed by atoms with van der Waals surface area (Å²) in [6, 6.07) is 0. The molecule has 0 bridgehead atoms. The van der Waals surface area contributed by atoms with Crippen LogP contribution in [-0.4, -0.2) is 34.0 Å². The van der Waals surface area contributed by atoms with Gasteiger partial charge in [0.1, 0.15) is 13.6 Å². The first-order chi connectivity index (χ1) is 2.83. The van der Waals surface area contributed by atoms with Crippen LogP contribution >= 0.6 is 0 Å². The molecule has 0 fully saturated rings. The van der Waals surface area contributed by atoms with Gasteiger partial charge in [0.05, 0.1) is 0 Å². The Bertz CT molecular complexity index is 11.7. The van der Waals surface area contributed by atoms with Gasteiger partial charge in [0.25, 0.3) is 0 Å². The molecule has 0 aromatic heterocycles. The van der Waals surface area contributed by atoms with Gasteiger partial charge in [-0.25, -0.2) is 0 Å². The van der Waals surface area contributed by atoms with Crippen molar-refractivity contribution in [2.24, 2.45) is 0 Å². The van der Waals surface area contributed by atoms with E-state index >= 15 is 0 Å². The maximum atomic E-state index is 7.12. The van der Waals surface area contributed by atoms with E-state index in [1.54, 1.807) is 0 Å². The average molecular weight is 197 g/mol. The van der Waals surface area contributed by atoms with Gasteiger partial charge in [-0.3, -0.25) is 0 Å². The van der Waals surface area contributed by atoms with E-state index in [-0.39, 0.29) is 19.5 Å². The summed E-state index contributed by atoms with van der Waals surface area (Å²) in [5.74, 6) is 0. The molecular formula is C2H8O4Ru. The Balaban J connectivity index is -0.0000000400. The topological polar surface area (TPSA) is 80.9 Å². The minimum Gasteiger partial charge on any atom is -0.371 e. The van der Waals surface area contributed by atoms with E-state index < -0.39 is 13.6 Å². The Morgan fingerprint density at radius 1 is 0.714 bits per heavy atom. The van der Waals surface area contributed by atoms with Gasteiger partial charge >= 0.3 is 0 Å². The smallest absolute Gasteiger partial charge is 0.140 e. The normalized spacial score (nSPS) is 5.14. The van der Waals surface area contributed by atoms with E-state index in [0.29, 0.717) is 0 Å².